The van der Waals surface area contributed by atoms with E-state index in [0.717, 1.165) is 55.6 Å². The Bertz CT molecular complexity index is 1340. The zero-order valence-corrected chi connectivity index (χ0v) is 23.4. The van der Waals surface area contributed by atoms with Crippen molar-refractivity contribution in [1.82, 2.24) is 9.80 Å². The Balaban J connectivity index is 1.31. The molecule has 4 aromatic rings. The van der Waals surface area contributed by atoms with Crippen molar-refractivity contribution in [3.05, 3.63) is 119 Å². The third kappa shape index (κ3) is 7.08. The van der Waals surface area contributed by atoms with Crippen LogP contribution in [-0.2, 0) is 19.5 Å². The molecular weight excluding hydrogens is 499 g/mol. The molecule has 0 N–H and O–H groups in total. The van der Waals surface area contributed by atoms with Crippen LogP contribution in [0.1, 0.15) is 66.1 Å². The van der Waals surface area contributed by atoms with Crippen molar-refractivity contribution in [3.8, 4) is 11.1 Å². The smallest absolute Gasteiger partial charge is 0.254 e. The number of piperidine rings is 1. The van der Waals surface area contributed by atoms with E-state index in [4.69, 9.17) is 4.42 Å². The van der Waals surface area contributed by atoms with Crippen LogP contribution < -0.4 is 0 Å². The third-order valence-electron chi connectivity index (χ3n) is 8.01. The largest absolute Gasteiger partial charge is 0.472 e. The Kier molecular flexibility index (Phi) is 9.46. The van der Waals surface area contributed by atoms with Crippen molar-refractivity contribution in [3.63, 3.8) is 0 Å². The van der Waals surface area contributed by atoms with Gasteiger partial charge in [0.05, 0.1) is 12.5 Å². The molecule has 1 aliphatic rings. The number of rotatable bonds is 11. The first-order valence-electron chi connectivity index (χ1n) is 14.6. The van der Waals surface area contributed by atoms with Crippen LogP contribution in [-0.4, -0.2) is 34.8 Å². The molecule has 0 radical (unpaired) electrons. The number of likely N-dealkylation sites (tertiary alicyclic amines) is 1. The summed E-state index contributed by atoms with van der Waals surface area (Å²) in [6, 6.07) is 25.1. The van der Waals surface area contributed by atoms with E-state index in [1.165, 1.54) is 36.5 Å². The summed E-state index contributed by atoms with van der Waals surface area (Å²) >= 11 is 0. The predicted molar refractivity (Wildman–Crippen MR) is 158 cm³/mol. The lowest BCUT2D eigenvalue weighted by Gasteiger charge is -2.38. The number of carbonyl (C=O) groups is 1. The lowest BCUT2D eigenvalue weighted by molar-refractivity contribution is 0.0542. The predicted octanol–water partition coefficient (Wildman–Crippen LogP) is 8.13. The van der Waals surface area contributed by atoms with E-state index >= 15 is 0 Å². The van der Waals surface area contributed by atoms with Crippen molar-refractivity contribution in [2.45, 2.75) is 64.6 Å². The summed E-state index contributed by atoms with van der Waals surface area (Å²) in [6.07, 6.45) is 10.0. The first-order chi connectivity index (χ1) is 19.6. The minimum absolute atomic E-state index is 0.0755. The standard InChI is InChI=1S/C35H39FN2O2/c1-2-3-4-7-27-10-16-31(17-11-27)35(39)38(32-18-21-37(22-19-32)24-29-20-23-40-26-29)25-28-12-14-30(15-13-28)33-8-5-6-9-34(33)36/h5-6,8-17,20,23,26,32H,2-4,7,18-19,21-22,24-25H2,1H3. The van der Waals surface area contributed by atoms with Crippen LogP contribution in [0.25, 0.3) is 11.1 Å². The fourth-order valence-electron chi connectivity index (χ4n) is 5.64. The van der Waals surface area contributed by atoms with Crippen LogP contribution >= 0.6 is 0 Å². The van der Waals surface area contributed by atoms with Gasteiger partial charge in [-0.05, 0) is 66.6 Å². The van der Waals surface area contributed by atoms with Crippen molar-refractivity contribution >= 4 is 5.91 Å². The molecule has 5 heteroatoms. The van der Waals surface area contributed by atoms with E-state index in [0.29, 0.717) is 12.1 Å². The lowest BCUT2D eigenvalue weighted by Crippen LogP contribution is -2.46. The highest BCUT2D eigenvalue weighted by atomic mass is 19.1. The highest BCUT2D eigenvalue weighted by molar-refractivity contribution is 5.94. The maximum atomic E-state index is 14.3. The third-order valence-corrected chi connectivity index (χ3v) is 8.01. The van der Waals surface area contributed by atoms with Gasteiger partial charge in [0.25, 0.3) is 5.91 Å². The molecule has 40 heavy (non-hydrogen) atoms. The summed E-state index contributed by atoms with van der Waals surface area (Å²) in [5, 5.41) is 0. The van der Waals surface area contributed by atoms with E-state index in [9.17, 15) is 9.18 Å². The molecule has 5 rings (SSSR count). The number of halogens is 1. The minimum Gasteiger partial charge on any atom is -0.472 e. The van der Waals surface area contributed by atoms with Crippen molar-refractivity contribution in [1.29, 1.82) is 0 Å². The Hall–Kier alpha value is -3.70. The highest BCUT2D eigenvalue weighted by Crippen LogP contribution is 2.26. The number of furan rings is 1. The second-order valence-corrected chi connectivity index (χ2v) is 10.9. The molecule has 1 aromatic heterocycles. The fraction of sp³-hybridized carbons (Fsp3) is 0.343. The van der Waals surface area contributed by atoms with Crippen LogP contribution in [0.3, 0.4) is 0 Å². The van der Waals surface area contributed by atoms with E-state index < -0.39 is 0 Å². The zero-order valence-electron chi connectivity index (χ0n) is 23.4. The monoisotopic (exact) mass is 538 g/mol. The number of amides is 1. The molecule has 1 fully saturated rings. The molecule has 3 aromatic carbocycles. The maximum Gasteiger partial charge on any atom is 0.254 e. The molecule has 4 nitrogen and oxygen atoms in total. The summed E-state index contributed by atoms with van der Waals surface area (Å²) in [6.45, 7) is 5.48. The van der Waals surface area contributed by atoms with Crippen LogP contribution in [0.2, 0.25) is 0 Å². The zero-order chi connectivity index (χ0) is 27.7. The van der Waals surface area contributed by atoms with Gasteiger partial charge >= 0.3 is 0 Å². The van der Waals surface area contributed by atoms with Gasteiger partial charge in [0, 0.05) is 48.9 Å². The van der Waals surface area contributed by atoms with Crippen molar-refractivity contribution < 1.29 is 13.6 Å². The number of nitrogens with zero attached hydrogens (tertiary/aromatic N) is 2. The molecule has 0 unspecified atom stereocenters. The molecule has 1 amide bonds. The summed E-state index contributed by atoms with van der Waals surface area (Å²) in [4.78, 5) is 18.4. The SMILES string of the molecule is CCCCCc1ccc(C(=O)N(Cc2ccc(-c3ccccc3F)cc2)C2CCN(Cc3ccoc3)CC2)cc1. The van der Waals surface area contributed by atoms with Crippen LogP contribution in [0.15, 0.2) is 95.8 Å². The van der Waals surface area contributed by atoms with Gasteiger partial charge in [0.1, 0.15) is 5.82 Å². The van der Waals surface area contributed by atoms with Gasteiger partial charge in [-0.1, -0.05) is 74.4 Å². The number of carbonyl (C=O) groups excluding carboxylic acids is 1. The Morgan fingerprint density at radius 1 is 0.900 bits per heavy atom. The average Bonchev–Trinajstić information content (AvgIpc) is 3.50. The molecule has 0 atom stereocenters. The molecule has 0 bridgehead atoms. The van der Waals surface area contributed by atoms with E-state index in [1.54, 1.807) is 24.7 Å². The molecule has 1 aliphatic heterocycles. The molecule has 0 aliphatic carbocycles. The summed E-state index contributed by atoms with van der Waals surface area (Å²) in [5.41, 5.74) is 5.68. The van der Waals surface area contributed by atoms with Gasteiger partial charge in [0.15, 0.2) is 0 Å². The molecule has 1 saturated heterocycles. The molecule has 0 spiro atoms. The average molecular weight is 539 g/mol. The van der Waals surface area contributed by atoms with E-state index in [2.05, 4.69) is 28.9 Å². The Morgan fingerprint density at radius 2 is 1.62 bits per heavy atom. The first-order valence-corrected chi connectivity index (χ1v) is 14.6. The number of benzene rings is 3. The highest BCUT2D eigenvalue weighted by Gasteiger charge is 2.29. The van der Waals surface area contributed by atoms with Gasteiger partial charge in [-0.3, -0.25) is 9.69 Å². The van der Waals surface area contributed by atoms with Gasteiger partial charge in [0.2, 0.25) is 0 Å². The lowest BCUT2D eigenvalue weighted by atomic mass is 9.99. The summed E-state index contributed by atoms with van der Waals surface area (Å²) < 4.78 is 19.6. The van der Waals surface area contributed by atoms with Gasteiger partial charge < -0.3 is 9.32 Å². The van der Waals surface area contributed by atoms with E-state index in [-0.39, 0.29) is 17.8 Å². The number of unbranched alkanes of at least 4 members (excludes halogenated alkanes) is 2. The Morgan fingerprint density at radius 3 is 2.30 bits per heavy atom. The summed E-state index contributed by atoms with van der Waals surface area (Å²) in [7, 11) is 0. The fourth-order valence-corrected chi connectivity index (χ4v) is 5.64. The molecule has 208 valence electrons. The van der Waals surface area contributed by atoms with Crippen LogP contribution in [0.5, 0.6) is 0 Å². The van der Waals surface area contributed by atoms with Gasteiger partial charge in [-0.15, -0.1) is 0 Å². The number of hydrogen-bond donors (Lipinski definition) is 0. The van der Waals surface area contributed by atoms with Gasteiger partial charge in [-0.25, -0.2) is 4.39 Å². The number of hydrogen-bond acceptors (Lipinski definition) is 3. The van der Waals surface area contributed by atoms with Crippen LogP contribution in [0, 0.1) is 5.82 Å². The van der Waals surface area contributed by atoms with E-state index in [1.807, 2.05) is 48.5 Å². The van der Waals surface area contributed by atoms with Crippen molar-refractivity contribution in [2.75, 3.05) is 13.1 Å². The first kappa shape index (κ1) is 27.9. The van der Waals surface area contributed by atoms with Gasteiger partial charge in [-0.2, -0.15) is 0 Å². The normalized spacial score (nSPS) is 14.3. The molecule has 2 heterocycles. The number of aryl methyl sites for hydroxylation is 1. The van der Waals surface area contributed by atoms with Crippen molar-refractivity contribution in [2.24, 2.45) is 0 Å². The quantitative estimate of drug-likeness (QED) is 0.181. The maximum absolute atomic E-state index is 14.3. The second-order valence-electron chi connectivity index (χ2n) is 10.9. The van der Waals surface area contributed by atoms with Crippen LogP contribution in [0.4, 0.5) is 4.39 Å². The minimum atomic E-state index is -0.229. The molecule has 0 saturated carbocycles. The molecular formula is C35H39FN2O2. The second kappa shape index (κ2) is 13.6. The Labute approximate surface area is 237 Å². The summed E-state index contributed by atoms with van der Waals surface area (Å²) in [5.74, 6) is -0.154. The topological polar surface area (TPSA) is 36.7 Å².